The molecule has 1 N–H and O–H groups in total. The summed E-state index contributed by atoms with van der Waals surface area (Å²) in [6.45, 7) is 2.93. The fourth-order valence-corrected chi connectivity index (χ4v) is 4.46. The van der Waals surface area contributed by atoms with Crippen LogP contribution >= 0.6 is 0 Å². The van der Waals surface area contributed by atoms with Gasteiger partial charge in [-0.25, -0.2) is 8.42 Å². The molecule has 1 aromatic rings. The van der Waals surface area contributed by atoms with Crippen molar-refractivity contribution in [2.45, 2.75) is 25.8 Å². The first-order chi connectivity index (χ1) is 8.61. The molecular weight excluding hydrogens is 248 g/mol. The lowest BCUT2D eigenvalue weighted by Gasteiger charge is -2.23. The Balaban J connectivity index is 2.05. The smallest absolute Gasteiger partial charge is 0.150 e. The van der Waals surface area contributed by atoms with Crippen molar-refractivity contribution in [1.82, 2.24) is 10.3 Å². The first-order valence-electron chi connectivity index (χ1n) is 6.43. The number of nitrogens with one attached hydrogen (secondary N) is 1. The van der Waals surface area contributed by atoms with Crippen LogP contribution in [-0.4, -0.2) is 37.5 Å². The Bertz CT molecular complexity index is 473. The molecule has 2 rings (SSSR count). The van der Waals surface area contributed by atoms with Gasteiger partial charge in [0.15, 0.2) is 9.84 Å². The zero-order chi connectivity index (χ0) is 13.0. The number of sulfone groups is 1. The highest BCUT2D eigenvalue weighted by Crippen LogP contribution is 2.23. The van der Waals surface area contributed by atoms with Crippen LogP contribution < -0.4 is 5.32 Å². The van der Waals surface area contributed by atoms with Crippen molar-refractivity contribution in [2.75, 3.05) is 18.1 Å². The fraction of sp³-hybridized carbons (Fsp3) is 0.615. The molecule has 5 heteroatoms. The van der Waals surface area contributed by atoms with Crippen LogP contribution in [-0.2, 0) is 16.3 Å². The average molecular weight is 268 g/mol. The van der Waals surface area contributed by atoms with E-state index in [1.807, 2.05) is 12.1 Å². The molecule has 1 saturated heterocycles. The summed E-state index contributed by atoms with van der Waals surface area (Å²) in [4.78, 5) is 4.00. The molecule has 0 radical (unpaired) electrons. The van der Waals surface area contributed by atoms with Gasteiger partial charge in [-0.05, 0) is 43.0 Å². The van der Waals surface area contributed by atoms with Crippen LogP contribution in [0.15, 0.2) is 24.5 Å². The molecule has 0 amide bonds. The Morgan fingerprint density at radius 3 is 2.72 bits per heavy atom. The Morgan fingerprint density at radius 1 is 1.44 bits per heavy atom. The molecular formula is C13H20N2O2S. The molecule has 1 fully saturated rings. The van der Waals surface area contributed by atoms with E-state index in [0.717, 1.165) is 19.4 Å². The van der Waals surface area contributed by atoms with Crippen LogP contribution in [0.25, 0.3) is 0 Å². The lowest BCUT2D eigenvalue weighted by molar-refractivity contribution is 0.386. The van der Waals surface area contributed by atoms with E-state index in [0.29, 0.717) is 11.5 Å². The molecule has 0 saturated carbocycles. The van der Waals surface area contributed by atoms with E-state index in [1.54, 1.807) is 12.4 Å². The van der Waals surface area contributed by atoms with E-state index < -0.39 is 9.84 Å². The lowest BCUT2D eigenvalue weighted by Crippen LogP contribution is -2.38. The van der Waals surface area contributed by atoms with Crippen LogP contribution in [0.4, 0.5) is 0 Å². The van der Waals surface area contributed by atoms with Gasteiger partial charge in [0.2, 0.25) is 0 Å². The van der Waals surface area contributed by atoms with E-state index >= 15 is 0 Å². The number of nitrogens with zero attached hydrogens (tertiary/aromatic N) is 1. The maximum absolute atomic E-state index is 11.6. The van der Waals surface area contributed by atoms with Crippen molar-refractivity contribution >= 4 is 9.84 Å². The Kier molecular flexibility index (Phi) is 4.35. The normalized spacial score (nSPS) is 23.9. The quantitative estimate of drug-likeness (QED) is 0.867. The van der Waals surface area contributed by atoms with Gasteiger partial charge in [0.1, 0.15) is 0 Å². The first-order valence-corrected chi connectivity index (χ1v) is 8.25. The SMILES string of the molecule is CCNC(Cc1ccncc1)C1CCS(=O)(=O)C1. The average Bonchev–Trinajstić information content (AvgIpc) is 2.70. The molecule has 2 atom stereocenters. The molecule has 2 heterocycles. The lowest BCUT2D eigenvalue weighted by atomic mass is 9.93. The van der Waals surface area contributed by atoms with Crippen molar-refractivity contribution in [2.24, 2.45) is 5.92 Å². The molecule has 4 nitrogen and oxygen atoms in total. The van der Waals surface area contributed by atoms with E-state index in [9.17, 15) is 8.42 Å². The summed E-state index contributed by atoms with van der Waals surface area (Å²) in [5, 5.41) is 3.43. The predicted octanol–water partition coefficient (Wildman–Crippen LogP) is 1.04. The monoisotopic (exact) mass is 268 g/mol. The van der Waals surface area contributed by atoms with Gasteiger partial charge in [-0.15, -0.1) is 0 Å². The van der Waals surface area contributed by atoms with Crippen molar-refractivity contribution in [1.29, 1.82) is 0 Å². The van der Waals surface area contributed by atoms with Crippen LogP contribution in [0.5, 0.6) is 0 Å². The highest BCUT2D eigenvalue weighted by atomic mass is 32.2. The first kappa shape index (κ1) is 13.5. The highest BCUT2D eigenvalue weighted by Gasteiger charge is 2.33. The van der Waals surface area contributed by atoms with E-state index in [4.69, 9.17) is 0 Å². The molecule has 2 unspecified atom stereocenters. The molecule has 1 aliphatic rings. The van der Waals surface area contributed by atoms with Crippen molar-refractivity contribution < 1.29 is 8.42 Å². The van der Waals surface area contributed by atoms with Crippen molar-refractivity contribution in [3.8, 4) is 0 Å². The second kappa shape index (κ2) is 5.80. The summed E-state index contributed by atoms with van der Waals surface area (Å²) in [5.41, 5.74) is 1.21. The van der Waals surface area contributed by atoms with Crippen LogP contribution in [0.3, 0.4) is 0 Å². The zero-order valence-corrected chi connectivity index (χ0v) is 11.5. The predicted molar refractivity (Wildman–Crippen MR) is 72.2 cm³/mol. The van der Waals surface area contributed by atoms with Gasteiger partial charge in [0.25, 0.3) is 0 Å². The zero-order valence-electron chi connectivity index (χ0n) is 10.7. The minimum Gasteiger partial charge on any atom is -0.314 e. The largest absolute Gasteiger partial charge is 0.314 e. The number of likely N-dealkylation sites (N-methyl/N-ethyl adjacent to an activating group) is 1. The Hall–Kier alpha value is -0.940. The topological polar surface area (TPSA) is 59.1 Å². The van der Waals surface area contributed by atoms with E-state index in [-0.39, 0.29) is 12.0 Å². The summed E-state index contributed by atoms with van der Waals surface area (Å²) < 4.78 is 23.1. The fourth-order valence-electron chi connectivity index (χ4n) is 2.58. The minimum atomic E-state index is -2.80. The number of aromatic nitrogens is 1. The van der Waals surface area contributed by atoms with Gasteiger partial charge >= 0.3 is 0 Å². The Morgan fingerprint density at radius 2 is 2.17 bits per heavy atom. The van der Waals surface area contributed by atoms with Gasteiger partial charge in [0, 0.05) is 18.4 Å². The van der Waals surface area contributed by atoms with Gasteiger partial charge in [0.05, 0.1) is 11.5 Å². The van der Waals surface area contributed by atoms with Crippen LogP contribution in [0.2, 0.25) is 0 Å². The second-order valence-corrected chi connectivity index (χ2v) is 7.12. The maximum atomic E-state index is 11.6. The standard InChI is InChI=1S/C13H20N2O2S/c1-2-15-13(9-11-3-6-14-7-4-11)12-5-8-18(16,17)10-12/h3-4,6-7,12-13,15H,2,5,8-10H2,1H3. The van der Waals surface area contributed by atoms with E-state index in [1.165, 1.54) is 5.56 Å². The van der Waals surface area contributed by atoms with Gasteiger partial charge in [-0.2, -0.15) is 0 Å². The van der Waals surface area contributed by atoms with Crippen LogP contribution in [0, 0.1) is 5.92 Å². The third kappa shape index (κ3) is 3.53. The van der Waals surface area contributed by atoms with E-state index in [2.05, 4.69) is 17.2 Å². The van der Waals surface area contributed by atoms with Gasteiger partial charge in [-0.1, -0.05) is 6.92 Å². The summed E-state index contributed by atoms with van der Waals surface area (Å²) >= 11 is 0. The molecule has 0 aliphatic carbocycles. The van der Waals surface area contributed by atoms with Crippen LogP contribution in [0.1, 0.15) is 18.9 Å². The Labute approximate surface area is 109 Å². The summed E-state index contributed by atoms with van der Waals surface area (Å²) in [7, 11) is -2.80. The third-order valence-corrected chi connectivity index (χ3v) is 5.30. The molecule has 18 heavy (non-hydrogen) atoms. The molecule has 0 aromatic carbocycles. The number of rotatable bonds is 5. The van der Waals surface area contributed by atoms with Crippen molar-refractivity contribution in [3.63, 3.8) is 0 Å². The number of hydrogen-bond donors (Lipinski definition) is 1. The molecule has 0 bridgehead atoms. The molecule has 1 aromatic heterocycles. The molecule has 0 spiro atoms. The minimum absolute atomic E-state index is 0.239. The van der Waals surface area contributed by atoms with Gasteiger partial charge in [-0.3, -0.25) is 4.98 Å². The number of pyridine rings is 1. The summed E-state index contributed by atoms with van der Waals surface area (Å²) in [6.07, 6.45) is 5.22. The van der Waals surface area contributed by atoms with Crippen molar-refractivity contribution in [3.05, 3.63) is 30.1 Å². The highest BCUT2D eigenvalue weighted by molar-refractivity contribution is 7.91. The molecule has 100 valence electrons. The maximum Gasteiger partial charge on any atom is 0.150 e. The number of hydrogen-bond acceptors (Lipinski definition) is 4. The second-order valence-electron chi connectivity index (χ2n) is 4.89. The summed E-state index contributed by atoms with van der Waals surface area (Å²) in [6, 6.07) is 4.23. The third-order valence-electron chi connectivity index (χ3n) is 3.51. The summed E-state index contributed by atoms with van der Waals surface area (Å²) in [5.74, 6) is 0.911. The molecule has 1 aliphatic heterocycles. The van der Waals surface area contributed by atoms with Gasteiger partial charge < -0.3 is 5.32 Å².